The molecule has 0 N–H and O–H groups in total. The zero-order chi connectivity index (χ0) is 16.4. The van der Waals surface area contributed by atoms with E-state index in [0.717, 1.165) is 11.1 Å². The molecule has 1 amide bonds. The van der Waals surface area contributed by atoms with E-state index in [1.165, 1.54) is 11.0 Å². The average molecular weight is 399 g/mol. The van der Waals surface area contributed by atoms with E-state index in [1.54, 1.807) is 0 Å². The summed E-state index contributed by atoms with van der Waals surface area (Å²) in [6.07, 6.45) is 0.0586. The van der Waals surface area contributed by atoms with Gasteiger partial charge in [-0.3, -0.25) is 0 Å². The van der Waals surface area contributed by atoms with Crippen molar-refractivity contribution in [3.05, 3.63) is 68.4 Å². The van der Waals surface area contributed by atoms with Gasteiger partial charge in [0.2, 0.25) is 0 Å². The van der Waals surface area contributed by atoms with Gasteiger partial charge in [-0.05, 0) is 39.5 Å². The standard InChI is InChI=1S/C17H14BrClFNO2/c18-14-8-15(20)13-9-21(7-6-12(13)16(14)19)17(22)23-10-11-4-2-1-3-5-11/h1-5,8H,6-7,9-10H2. The number of fused-ring (bicyclic) bond motifs is 1. The first-order chi connectivity index (χ1) is 11.1. The van der Waals surface area contributed by atoms with Crippen LogP contribution in [0.15, 0.2) is 40.9 Å². The molecule has 23 heavy (non-hydrogen) atoms. The largest absolute Gasteiger partial charge is 0.445 e. The van der Waals surface area contributed by atoms with Crippen LogP contribution in [0.5, 0.6) is 0 Å². The molecular weight excluding hydrogens is 385 g/mol. The molecule has 0 fully saturated rings. The van der Waals surface area contributed by atoms with Crippen molar-refractivity contribution in [1.82, 2.24) is 4.90 Å². The van der Waals surface area contributed by atoms with Crippen molar-refractivity contribution in [3.63, 3.8) is 0 Å². The van der Waals surface area contributed by atoms with E-state index in [1.807, 2.05) is 30.3 Å². The first kappa shape index (κ1) is 16.3. The van der Waals surface area contributed by atoms with E-state index in [9.17, 15) is 9.18 Å². The SMILES string of the molecule is O=C(OCc1ccccc1)N1CCc2c(Cl)c(Br)cc(F)c2C1. The van der Waals surface area contributed by atoms with E-state index in [2.05, 4.69) is 15.9 Å². The Bertz CT molecular complexity index is 739. The molecule has 0 saturated heterocycles. The molecule has 0 atom stereocenters. The lowest BCUT2D eigenvalue weighted by atomic mass is 9.99. The van der Waals surface area contributed by atoms with Crippen molar-refractivity contribution in [1.29, 1.82) is 0 Å². The second kappa shape index (κ2) is 6.89. The van der Waals surface area contributed by atoms with Crippen LogP contribution in [0.3, 0.4) is 0 Å². The maximum atomic E-state index is 14.1. The number of rotatable bonds is 2. The summed E-state index contributed by atoms with van der Waals surface area (Å²) in [6.45, 7) is 0.824. The van der Waals surface area contributed by atoms with Crippen LogP contribution in [-0.2, 0) is 24.3 Å². The van der Waals surface area contributed by atoms with Gasteiger partial charge in [0, 0.05) is 16.6 Å². The summed E-state index contributed by atoms with van der Waals surface area (Å²) in [4.78, 5) is 13.7. The van der Waals surface area contributed by atoms with Crippen LogP contribution in [0.2, 0.25) is 5.02 Å². The summed E-state index contributed by atoms with van der Waals surface area (Å²) in [6, 6.07) is 10.8. The minimum Gasteiger partial charge on any atom is -0.445 e. The summed E-state index contributed by atoms with van der Waals surface area (Å²) >= 11 is 9.45. The summed E-state index contributed by atoms with van der Waals surface area (Å²) in [5.41, 5.74) is 2.13. The molecule has 1 heterocycles. The smallest absolute Gasteiger partial charge is 0.410 e. The molecule has 0 aromatic heterocycles. The van der Waals surface area contributed by atoms with Gasteiger partial charge in [0.25, 0.3) is 0 Å². The number of halogens is 3. The van der Waals surface area contributed by atoms with Crippen molar-refractivity contribution in [2.75, 3.05) is 6.54 Å². The number of ether oxygens (including phenoxy) is 1. The zero-order valence-electron chi connectivity index (χ0n) is 12.2. The van der Waals surface area contributed by atoms with Crippen molar-refractivity contribution >= 4 is 33.6 Å². The first-order valence-electron chi connectivity index (χ1n) is 7.17. The van der Waals surface area contributed by atoms with Gasteiger partial charge in [-0.15, -0.1) is 0 Å². The van der Waals surface area contributed by atoms with Crippen LogP contribution < -0.4 is 0 Å². The number of carbonyl (C=O) groups excluding carboxylic acids is 1. The third-order valence-electron chi connectivity index (χ3n) is 3.82. The van der Waals surface area contributed by atoms with Crippen molar-refractivity contribution in [2.45, 2.75) is 19.6 Å². The lowest BCUT2D eigenvalue weighted by Crippen LogP contribution is -2.37. The maximum absolute atomic E-state index is 14.1. The Hall–Kier alpha value is -1.59. The van der Waals surface area contributed by atoms with Crippen LogP contribution in [-0.4, -0.2) is 17.5 Å². The fraction of sp³-hybridized carbons (Fsp3) is 0.235. The lowest BCUT2D eigenvalue weighted by Gasteiger charge is -2.29. The average Bonchev–Trinajstić information content (AvgIpc) is 2.58. The normalized spacial score (nSPS) is 13.6. The zero-order valence-corrected chi connectivity index (χ0v) is 14.5. The van der Waals surface area contributed by atoms with Gasteiger partial charge in [0.1, 0.15) is 12.4 Å². The van der Waals surface area contributed by atoms with E-state index in [0.29, 0.717) is 28.0 Å². The molecule has 0 bridgehead atoms. The highest BCUT2D eigenvalue weighted by atomic mass is 79.9. The number of hydrogen-bond acceptors (Lipinski definition) is 2. The second-order valence-electron chi connectivity index (χ2n) is 5.32. The highest BCUT2D eigenvalue weighted by Gasteiger charge is 2.26. The summed E-state index contributed by atoms with van der Waals surface area (Å²) in [7, 11) is 0. The molecule has 0 unspecified atom stereocenters. The Morgan fingerprint density at radius 1 is 1.30 bits per heavy atom. The van der Waals surface area contributed by atoms with Crippen molar-refractivity contribution in [2.24, 2.45) is 0 Å². The minimum atomic E-state index is -0.446. The van der Waals surface area contributed by atoms with Crippen LogP contribution in [0.4, 0.5) is 9.18 Å². The molecule has 120 valence electrons. The first-order valence-corrected chi connectivity index (χ1v) is 8.34. The lowest BCUT2D eigenvalue weighted by molar-refractivity contribution is 0.0914. The predicted molar refractivity (Wildman–Crippen MR) is 89.9 cm³/mol. The molecule has 6 heteroatoms. The van der Waals surface area contributed by atoms with Gasteiger partial charge in [0.15, 0.2) is 0 Å². The number of nitrogens with zero attached hydrogens (tertiary/aromatic N) is 1. The van der Waals surface area contributed by atoms with Gasteiger partial charge < -0.3 is 9.64 Å². The topological polar surface area (TPSA) is 29.5 Å². The van der Waals surface area contributed by atoms with Crippen LogP contribution in [0.25, 0.3) is 0 Å². The van der Waals surface area contributed by atoms with Gasteiger partial charge in [-0.25, -0.2) is 9.18 Å². The Balaban J connectivity index is 1.69. The third-order valence-corrected chi connectivity index (χ3v) is 5.11. The highest BCUT2D eigenvalue weighted by molar-refractivity contribution is 9.10. The summed E-state index contributed by atoms with van der Waals surface area (Å²) < 4.78 is 20.0. The second-order valence-corrected chi connectivity index (χ2v) is 6.56. The maximum Gasteiger partial charge on any atom is 0.410 e. The molecule has 1 aliphatic heterocycles. The van der Waals surface area contributed by atoms with E-state index in [4.69, 9.17) is 16.3 Å². The van der Waals surface area contributed by atoms with Crippen LogP contribution in [0.1, 0.15) is 16.7 Å². The minimum absolute atomic E-state index is 0.168. The number of amides is 1. The Kier molecular flexibility index (Phi) is 4.87. The van der Waals surface area contributed by atoms with Gasteiger partial charge in [-0.1, -0.05) is 41.9 Å². The highest BCUT2D eigenvalue weighted by Crippen LogP contribution is 2.34. The molecule has 0 saturated carbocycles. The Labute approximate surface area is 147 Å². The molecule has 2 aromatic rings. The fourth-order valence-electron chi connectivity index (χ4n) is 2.60. The Morgan fingerprint density at radius 2 is 2.04 bits per heavy atom. The molecule has 3 nitrogen and oxygen atoms in total. The third kappa shape index (κ3) is 3.51. The number of carbonyl (C=O) groups is 1. The van der Waals surface area contributed by atoms with Crippen molar-refractivity contribution < 1.29 is 13.9 Å². The molecule has 3 rings (SSSR count). The number of benzene rings is 2. The van der Waals surface area contributed by atoms with E-state index >= 15 is 0 Å². The molecule has 0 aliphatic carbocycles. The van der Waals surface area contributed by atoms with Crippen LogP contribution in [0, 0.1) is 5.82 Å². The monoisotopic (exact) mass is 397 g/mol. The molecular formula is C17H14BrClFNO2. The summed E-state index contributed by atoms with van der Waals surface area (Å²) in [5.74, 6) is -0.364. The van der Waals surface area contributed by atoms with Gasteiger partial charge >= 0.3 is 6.09 Å². The van der Waals surface area contributed by atoms with Crippen LogP contribution >= 0.6 is 27.5 Å². The fourth-order valence-corrected chi connectivity index (χ4v) is 3.30. The number of hydrogen-bond donors (Lipinski definition) is 0. The Morgan fingerprint density at radius 3 is 2.78 bits per heavy atom. The van der Waals surface area contributed by atoms with E-state index in [-0.39, 0.29) is 19.0 Å². The molecule has 1 aliphatic rings. The molecule has 2 aromatic carbocycles. The van der Waals surface area contributed by atoms with E-state index < -0.39 is 6.09 Å². The predicted octanol–water partition coefficient (Wildman–Crippen LogP) is 4.94. The summed E-state index contributed by atoms with van der Waals surface area (Å²) in [5, 5.41) is 0.513. The van der Waals surface area contributed by atoms with Crippen molar-refractivity contribution in [3.8, 4) is 0 Å². The molecule has 0 spiro atoms. The van der Waals surface area contributed by atoms with Gasteiger partial charge in [-0.2, -0.15) is 0 Å². The molecule has 0 radical (unpaired) electrons. The van der Waals surface area contributed by atoms with Gasteiger partial charge in [0.05, 0.1) is 11.6 Å². The quantitative estimate of drug-likeness (QED) is 0.671.